The van der Waals surface area contributed by atoms with E-state index >= 15 is 0 Å². The molecule has 0 aliphatic heterocycles. The van der Waals surface area contributed by atoms with Crippen LogP contribution in [0.3, 0.4) is 0 Å². The zero-order valence-electron chi connectivity index (χ0n) is 9.91. The summed E-state index contributed by atoms with van der Waals surface area (Å²) in [6.45, 7) is 0. The molecule has 98 valence electrons. The molecule has 0 spiro atoms. The summed E-state index contributed by atoms with van der Waals surface area (Å²) in [5, 5.41) is 0.595. The molecule has 2 aromatic carbocycles. The van der Waals surface area contributed by atoms with Gasteiger partial charge in [0.1, 0.15) is 5.75 Å². The number of carbonyl (C=O) groups excluding carboxylic acids is 1. The van der Waals surface area contributed by atoms with Crippen LogP contribution in [-0.2, 0) is 0 Å². The molecule has 0 saturated heterocycles. The summed E-state index contributed by atoms with van der Waals surface area (Å²) < 4.78 is 5.98. The van der Waals surface area contributed by atoms with Crippen molar-refractivity contribution in [3.05, 3.63) is 62.0 Å². The SMILES string of the molecule is COc1ccc(Br)cc1C(=O)c1cccc(Cl)c1Cl. The van der Waals surface area contributed by atoms with Crippen LogP contribution in [0.1, 0.15) is 15.9 Å². The predicted octanol–water partition coefficient (Wildman–Crippen LogP) is 5.00. The molecule has 0 radical (unpaired) electrons. The molecule has 0 bridgehead atoms. The highest BCUT2D eigenvalue weighted by molar-refractivity contribution is 9.10. The second kappa shape index (κ2) is 5.95. The number of hydrogen-bond donors (Lipinski definition) is 0. The molecular weight excluding hydrogens is 351 g/mol. The average molecular weight is 360 g/mol. The fraction of sp³-hybridized carbons (Fsp3) is 0.0714. The first-order valence-corrected chi connectivity index (χ1v) is 6.91. The van der Waals surface area contributed by atoms with Gasteiger partial charge in [-0.15, -0.1) is 0 Å². The van der Waals surface area contributed by atoms with Crippen molar-refractivity contribution in [2.24, 2.45) is 0 Å². The van der Waals surface area contributed by atoms with Gasteiger partial charge in [0.25, 0.3) is 0 Å². The van der Waals surface area contributed by atoms with E-state index in [0.29, 0.717) is 21.9 Å². The van der Waals surface area contributed by atoms with Gasteiger partial charge >= 0.3 is 0 Å². The van der Waals surface area contributed by atoms with Crippen molar-refractivity contribution < 1.29 is 9.53 Å². The fourth-order valence-electron chi connectivity index (χ4n) is 1.68. The molecule has 0 saturated carbocycles. The van der Waals surface area contributed by atoms with Crippen molar-refractivity contribution in [2.75, 3.05) is 7.11 Å². The molecule has 2 rings (SSSR count). The zero-order valence-corrected chi connectivity index (χ0v) is 13.0. The topological polar surface area (TPSA) is 26.3 Å². The lowest BCUT2D eigenvalue weighted by Crippen LogP contribution is -2.05. The maximum Gasteiger partial charge on any atom is 0.198 e. The Kier molecular flexibility index (Phi) is 4.50. The molecule has 0 fully saturated rings. The molecule has 19 heavy (non-hydrogen) atoms. The first kappa shape index (κ1) is 14.4. The third kappa shape index (κ3) is 2.94. The summed E-state index contributed by atoms with van der Waals surface area (Å²) in [6, 6.07) is 10.2. The van der Waals surface area contributed by atoms with Crippen molar-refractivity contribution >= 4 is 44.9 Å². The standard InChI is InChI=1S/C14H9BrCl2O2/c1-19-12-6-5-8(15)7-10(12)14(18)9-3-2-4-11(16)13(9)17/h2-7H,1H3. The summed E-state index contributed by atoms with van der Waals surface area (Å²) in [4.78, 5) is 12.5. The van der Waals surface area contributed by atoms with E-state index in [4.69, 9.17) is 27.9 Å². The van der Waals surface area contributed by atoms with Crippen LogP contribution in [0.2, 0.25) is 10.0 Å². The Labute approximate surface area is 129 Å². The second-order valence-corrected chi connectivity index (χ2v) is 5.48. The molecular formula is C14H9BrCl2O2. The summed E-state index contributed by atoms with van der Waals surface area (Å²) >= 11 is 15.3. The van der Waals surface area contributed by atoms with E-state index < -0.39 is 0 Å². The highest BCUT2D eigenvalue weighted by atomic mass is 79.9. The maximum atomic E-state index is 12.5. The van der Waals surface area contributed by atoms with Crippen molar-refractivity contribution in [1.29, 1.82) is 0 Å². The number of ketones is 1. The fourth-order valence-corrected chi connectivity index (χ4v) is 2.43. The minimum atomic E-state index is -0.231. The Hall–Kier alpha value is -1.03. The van der Waals surface area contributed by atoms with E-state index in [1.165, 1.54) is 7.11 Å². The normalized spacial score (nSPS) is 10.3. The Morgan fingerprint density at radius 3 is 2.58 bits per heavy atom. The molecule has 0 amide bonds. The van der Waals surface area contributed by atoms with Crippen LogP contribution in [0.5, 0.6) is 5.75 Å². The average Bonchev–Trinajstić information content (AvgIpc) is 2.41. The van der Waals surface area contributed by atoms with Crippen LogP contribution < -0.4 is 4.74 Å². The molecule has 0 N–H and O–H groups in total. The third-order valence-corrected chi connectivity index (χ3v) is 3.91. The number of hydrogen-bond acceptors (Lipinski definition) is 2. The lowest BCUT2D eigenvalue weighted by Gasteiger charge is -2.09. The van der Waals surface area contributed by atoms with Gasteiger partial charge in [0.2, 0.25) is 0 Å². The van der Waals surface area contributed by atoms with Crippen molar-refractivity contribution in [3.63, 3.8) is 0 Å². The number of methoxy groups -OCH3 is 1. The largest absolute Gasteiger partial charge is 0.496 e. The molecule has 2 nitrogen and oxygen atoms in total. The van der Waals surface area contributed by atoms with Gasteiger partial charge in [-0.05, 0) is 30.3 Å². The van der Waals surface area contributed by atoms with Gasteiger partial charge in [0, 0.05) is 10.0 Å². The number of rotatable bonds is 3. The number of halogens is 3. The van der Waals surface area contributed by atoms with Crippen LogP contribution in [0.25, 0.3) is 0 Å². The lowest BCUT2D eigenvalue weighted by molar-refractivity contribution is 0.103. The highest BCUT2D eigenvalue weighted by Gasteiger charge is 2.18. The summed E-state index contributed by atoms with van der Waals surface area (Å²) in [7, 11) is 1.51. The van der Waals surface area contributed by atoms with E-state index in [1.807, 2.05) is 0 Å². The van der Waals surface area contributed by atoms with Gasteiger partial charge in [0.15, 0.2) is 5.78 Å². The van der Waals surface area contributed by atoms with Gasteiger partial charge in [0.05, 0.1) is 22.7 Å². The minimum absolute atomic E-state index is 0.231. The monoisotopic (exact) mass is 358 g/mol. The quantitative estimate of drug-likeness (QED) is 0.721. The van der Waals surface area contributed by atoms with Crippen LogP contribution in [0, 0.1) is 0 Å². The Balaban J connectivity index is 2.56. The van der Waals surface area contributed by atoms with Crippen LogP contribution in [-0.4, -0.2) is 12.9 Å². The van der Waals surface area contributed by atoms with Crippen molar-refractivity contribution in [3.8, 4) is 5.75 Å². The summed E-state index contributed by atoms with van der Waals surface area (Å²) in [5.41, 5.74) is 0.784. The first-order valence-electron chi connectivity index (χ1n) is 5.37. The summed E-state index contributed by atoms with van der Waals surface area (Å²) in [6.07, 6.45) is 0. The number of carbonyl (C=O) groups is 1. The molecule has 0 heterocycles. The van der Waals surface area contributed by atoms with E-state index in [0.717, 1.165) is 4.47 Å². The molecule has 0 aliphatic carbocycles. The van der Waals surface area contributed by atoms with E-state index in [9.17, 15) is 4.79 Å². The Morgan fingerprint density at radius 1 is 1.16 bits per heavy atom. The van der Waals surface area contributed by atoms with Gasteiger partial charge in [-0.2, -0.15) is 0 Å². The zero-order chi connectivity index (χ0) is 14.0. The molecule has 0 aliphatic rings. The Bertz CT molecular complexity index is 641. The van der Waals surface area contributed by atoms with Gasteiger partial charge < -0.3 is 4.74 Å². The van der Waals surface area contributed by atoms with E-state index in [-0.39, 0.29) is 10.8 Å². The van der Waals surface area contributed by atoms with Gasteiger partial charge in [-0.3, -0.25) is 4.79 Å². The van der Waals surface area contributed by atoms with E-state index in [2.05, 4.69) is 15.9 Å². The molecule has 2 aromatic rings. The first-order chi connectivity index (χ1) is 9.04. The molecule has 0 atom stereocenters. The van der Waals surface area contributed by atoms with Gasteiger partial charge in [-0.25, -0.2) is 0 Å². The van der Waals surface area contributed by atoms with Crippen LogP contribution >= 0.6 is 39.1 Å². The predicted molar refractivity (Wildman–Crippen MR) is 80.6 cm³/mol. The minimum Gasteiger partial charge on any atom is -0.496 e. The summed E-state index contributed by atoms with van der Waals surface area (Å²) in [5.74, 6) is 0.259. The number of ether oxygens (including phenoxy) is 1. The van der Waals surface area contributed by atoms with Crippen LogP contribution in [0.4, 0.5) is 0 Å². The van der Waals surface area contributed by atoms with Gasteiger partial charge in [-0.1, -0.05) is 45.2 Å². The lowest BCUT2D eigenvalue weighted by atomic mass is 10.0. The van der Waals surface area contributed by atoms with Crippen molar-refractivity contribution in [2.45, 2.75) is 0 Å². The molecule has 5 heteroatoms. The third-order valence-electron chi connectivity index (χ3n) is 2.60. The second-order valence-electron chi connectivity index (χ2n) is 3.78. The Morgan fingerprint density at radius 2 is 1.89 bits per heavy atom. The smallest absolute Gasteiger partial charge is 0.198 e. The molecule has 0 aromatic heterocycles. The van der Waals surface area contributed by atoms with Crippen molar-refractivity contribution in [1.82, 2.24) is 0 Å². The molecule has 0 unspecified atom stereocenters. The number of benzene rings is 2. The van der Waals surface area contributed by atoms with Crippen LogP contribution in [0.15, 0.2) is 40.9 Å². The van der Waals surface area contributed by atoms with E-state index in [1.54, 1.807) is 36.4 Å². The highest BCUT2D eigenvalue weighted by Crippen LogP contribution is 2.31. The maximum absolute atomic E-state index is 12.5.